The van der Waals surface area contributed by atoms with Crippen molar-refractivity contribution in [3.8, 4) is 11.5 Å². The number of nitrogens with two attached hydrogens (primary N) is 1. The van der Waals surface area contributed by atoms with E-state index in [1.54, 1.807) is 31.1 Å². The lowest BCUT2D eigenvalue weighted by Gasteiger charge is -2.31. The SMILES string of the molecule is CCc1cc(-c2cc(C(C)(CC(N)=O)C(=O)N[C@@H]3C(=O)N4CCCN4Cc4ccccc43)n(C)n2)on1. The van der Waals surface area contributed by atoms with E-state index in [0.717, 1.165) is 29.8 Å². The molecule has 0 bridgehead atoms. The van der Waals surface area contributed by atoms with Gasteiger partial charge in [-0.3, -0.25) is 24.1 Å². The topological polar surface area (TPSA) is 140 Å². The van der Waals surface area contributed by atoms with Gasteiger partial charge in [0.1, 0.15) is 11.7 Å². The first kappa shape index (κ1) is 24.7. The number of nitrogens with one attached hydrogen (secondary N) is 1. The minimum atomic E-state index is -1.40. The molecule has 0 spiro atoms. The van der Waals surface area contributed by atoms with E-state index in [1.807, 2.05) is 36.2 Å². The number of carbonyl (C=O) groups excluding carboxylic acids is 3. The summed E-state index contributed by atoms with van der Waals surface area (Å²) in [5, 5.41) is 15.2. The van der Waals surface area contributed by atoms with Crippen molar-refractivity contribution < 1.29 is 18.9 Å². The second kappa shape index (κ2) is 9.47. The highest BCUT2D eigenvalue weighted by molar-refractivity contribution is 5.96. The Morgan fingerprint density at radius 1 is 1.24 bits per heavy atom. The predicted octanol–water partition coefficient (Wildman–Crippen LogP) is 1.59. The molecule has 37 heavy (non-hydrogen) atoms. The highest BCUT2D eigenvalue weighted by Gasteiger charge is 2.44. The van der Waals surface area contributed by atoms with Gasteiger partial charge in [-0.05, 0) is 37.0 Å². The summed E-state index contributed by atoms with van der Waals surface area (Å²) in [5.74, 6) is -0.876. The lowest BCUT2D eigenvalue weighted by atomic mass is 9.81. The molecule has 1 unspecified atom stereocenters. The number of rotatable bonds is 7. The molecule has 3 aromatic rings. The Morgan fingerprint density at radius 3 is 2.76 bits per heavy atom. The average Bonchev–Trinajstić information content (AvgIpc) is 3.60. The number of hydrogen-bond donors (Lipinski definition) is 2. The molecule has 0 aliphatic carbocycles. The van der Waals surface area contributed by atoms with E-state index in [2.05, 4.69) is 15.6 Å². The Morgan fingerprint density at radius 2 is 2.03 bits per heavy atom. The number of primary amides is 1. The third-order valence-corrected chi connectivity index (χ3v) is 7.27. The van der Waals surface area contributed by atoms with E-state index >= 15 is 0 Å². The molecular weight excluding hydrogens is 474 g/mol. The van der Waals surface area contributed by atoms with Gasteiger partial charge in [-0.25, -0.2) is 5.01 Å². The third-order valence-electron chi connectivity index (χ3n) is 7.27. The zero-order chi connectivity index (χ0) is 26.3. The first-order chi connectivity index (χ1) is 17.7. The predicted molar refractivity (Wildman–Crippen MR) is 133 cm³/mol. The van der Waals surface area contributed by atoms with Gasteiger partial charge in [0.05, 0.1) is 16.8 Å². The Kier molecular flexibility index (Phi) is 6.32. The molecule has 1 aromatic carbocycles. The van der Waals surface area contributed by atoms with Crippen LogP contribution in [-0.4, -0.2) is 55.8 Å². The van der Waals surface area contributed by atoms with Crippen molar-refractivity contribution in [2.45, 2.75) is 51.1 Å². The second-order valence-electron chi connectivity index (χ2n) is 9.86. The molecule has 0 saturated carbocycles. The van der Waals surface area contributed by atoms with Crippen LogP contribution < -0.4 is 11.1 Å². The summed E-state index contributed by atoms with van der Waals surface area (Å²) in [6.45, 7) is 5.57. The molecule has 0 radical (unpaired) electrons. The normalized spacial score (nSPS) is 19.2. The van der Waals surface area contributed by atoms with Gasteiger partial charge in [0, 0.05) is 39.2 Å². The fourth-order valence-electron chi connectivity index (χ4n) is 5.29. The number of aryl methyl sites for hydroxylation is 2. The molecule has 1 fully saturated rings. The minimum absolute atomic E-state index is 0.198. The van der Waals surface area contributed by atoms with Gasteiger partial charge < -0.3 is 15.6 Å². The number of fused-ring (bicyclic) bond motifs is 2. The lowest BCUT2D eigenvalue weighted by molar-refractivity contribution is -0.148. The van der Waals surface area contributed by atoms with E-state index in [-0.39, 0.29) is 12.3 Å². The molecule has 3 N–H and O–H groups in total. The van der Waals surface area contributed by atoms with Crippen molar-refractivity contribution in [1.29, 1.82) is 0 Å². The number of aromatic nitrogens is 3. The molecule has 11 nitrogen and oxygen atoms in total. The maximum absolute atomic E-state index is 14.0. The van der Waals surface area contributed by atoms with Gasteiger partial charge in [0.15, 0.2) is 5.76 Å². The Balaban J connectivity index is 1.52. The Labute approximate surface area is 214 Å². The van der Waals surface area contributed by atoms with Crippen LogP contribution in [0, 0.1) is 0 Å². The molecule has 194 valence electrons. The molecule has 2 aliphatic rings. The van der Waals surface area contributed by atoms with Crippen LogP contribution in [0.2, 0.25) is 0 Å². The van der Waals surface area contributed by atoms with Gasteiger partial charge in [0.25, 0.3) is 5.91 Å². The van der Waals surface area contributed by atoms with Crippen molar-refractivity contribution in [3.63, 3.8) is 0 Å². The standard InChI is InChI=1S/C26H31N7O4/c1-4-17-12-20(37-30-17)19-13-21(31(3)29-19)26(2,14-22(27)34)25(36)28-23-18-9-6-5-8-16(18)15-32-10-7-11-33(32)24(23)35/h5-6,8-9,12-13,23H,4,7,10-11,14-15H2,1-3H3,(H2,27,34)(H,28,36)/t23-,26?/m0/s1. The summed E-state index contributed by atoms with van der Waals surface area (Å²) >= 11 is 0. The van der Waals surface area contributed by atoms with Gasteiger partial charge in [-0.2, -0.15) is 5.10 Å². The number of carbonyl (C=O) groups is 3. The molecule has 11 heteroatoms. The smallest absolute Gasteiger partial charge is 0.264 e. The van der Waals surface area contributed by atoms with Crippen LogP contribution in [0.4, 0.5) is 0 Å². The minimum Gasteiger partial charge on any atom is -0.370 e. The number of hydrazine groups is 1. The van der Waals surface area contributed by atoms with Gasteiger partial charge in [-0.1, -0.05) is 36.3 Å². The van der Waals surface area contributed by atoms with E-state index in [0.29, 0.717) is 36.7 Å². The molecule has 2 aliphatic heterocycles. The summed E-state index contributed by atoms with van der Waals surface area (Å²) in [5.41, 5.74) is 7.67. The van der Waals surface area contributed by atoms with Crippen LogP contribution in [0.25, 0.3) is 11.5 Å². The molecule has 4 heterocycles. The highest BCUT2D eigenvalue weighted by atomic mass is 16.5. The van der Waals surface area contributed by atoms with Crippen molar-refractivity contribution in [2.24, 2.45) is 12.8 Å². The third kappa shape index (κ3) is 4.39. The Bertz CT molecular complexity index is 1360. The molecule has 1 saturated heterocycles. The number of amides is 3. The van der Waals surface area contributed by atoms with Crippen molar-refractivity contribution in [1.82, 2.24) is 30.3 Å². The van der Waals surface area contributed by atoms with Crippen molar-refractivity contribution in [2.75, 3.05) is 13.1 Å². The fraction of sp³-hybridized carbons (Fsp3) is 0.423. The average molecular weight is 506 g/mol. The maximum atomic E-state index is 14.0. The number of nitrogens with zero attached hydrogens (tertiary/aromatic N) is 5. The van der Waals surface area contributed by atoms with E-state index in [1.165, 1.54) is 4.68 Å². The quantitative estimate of drug-likeness (QED) is 0.497. The number of benzene rings is 1. The molecule has 5 rings (SSSR count). The second-order valence-corrected chi connectivity index (χ2v) is 9.86. The van der Waals surface area contributed by atoms with Crippen LogP contribution in [0.15, 0.2) is 40.9 Å². The molecule has 2 aromatic heterocycles. The summed E-state index contributed by atoms with van der Waals surface area (Å²) in [7, 11) is 1.69. The van der Waals surface area contributed by atoms with E-state index in [9.17, 15) is 14.4 Å². The summed E-state index contributed by atoms with van der Waals surface area (Å²) in [4.78, 5) is 39.8. The summed E-state index contributed by atoms with van der Waals surface area (Å²) < 4.78 is 6.96. The maximum Gasteiger partial charge on any atom is 0.264 e. The van der Waals surface area contributed by atoms with E-state index < -0.39 is 23.3 Å². The van der Waals surface area contributed by atoms with Crippen LogP contribution in [-0.2, 0) is 39.8 Å². The largest absolute Gasteiger partial charge is 0.370 e. The molecule has 3 amide bonds. The van der Waals surface area contributed by atoms with Crippen LogP contribution in [0.5, 0.6) is 0 Å². The molecular formula is C26H31N7O4. The van der Waals surface area contributed by atoms with Crippen LogP contribution in [0.3, 0.4) is 0 Å². The summed E-state index contributed by atoms with van der Waals surface area (Å²) in [6.07, 6.45) is 1.30. The highest BCUT2D eigenvalue weighted by Crippen LogP contribution is 2.34. The first-order valence-electron chi connectivity index (χ1n) is 12.4. The first-order valence-corrected chi connectivity index (χ1v) is 12.4. The van der Waals surface area contributed by atoms with Gasteiger partial charge in [0.2, 0.25) is 11.8 Å². The zero-order valence-electron chi connectivity index (χ0n) is 21.2. The van der Waals surface area contributed by atoms with Crippen LogP contribution in [0.1, 0.15) is 55.2 Å². The summed E-state index contributed by atoms with van der Waals surface area (Å²) in [6, 6.07) is 10.2. The number of hydrogen-bond acceptors (Lipinski definition) is 7. The van der Waals surface area contributed by atoms with Crippen molar-refractivity contribution >= 4 is 17.7 Å². The van der Waals surface area contributed by atoms with Crippen molar-refractivity contribution in [3.05, 3.63) is 58.9 Å². The lowest BCUT2D eigenvalue weighted by Crippen LogP contribution is -2.51. The van der Waals surface area contributed by atoms with E-state index in [4.69, 9.17) is 10.3 Å². The fourth-order valence-corrected chi connectivity index (χ4v) is 5.29. The van der Waals surface area contributed by atoms with Gasteiger partial charge >= 0.3 is 0 Å². The van der Waals surface area contributed by atoms with Gasteiger partial charge in [-0.15, -0.1) is 0 Å². The molecule has 2 atom stereocenters. The monoisotopic (exact) mass is 505 g/mol. The van der Waals surface area contributed by atoms with Crippen LogP contribution >= 0.6 is 0 Å². The zero-order valence-corrected chi connectivity index (χ0v) is 21.2. The Hall–Kier alpha value is -3.99.